The van der Waals surface area contributed by atoms with Crippen molar-refractivity contribution in [2.45, 2.75) is 25.4 Å². The largest absolute Gasteiger partial charge is 0.306 e. The van der Waals surface area contributed by atoms with Gasteiger partial charge in [0.05, 0.1) is 15.3 Å². The average Bonchev–Trinajstić information content (AvgIpc) is 2.73. The fraction of sp³-hybridized carbons (Fsp3) is 0.600. The first-order valence-corrected chi connectivity index (χ1v) is 8.61. The van der Waals surface area contributed by atoms with Gasteiger partial charge < -0.3 is 5.32 Å². The summed E-state index contributed by atoms with van der Waals surface area (Å²) in [6.07, 6.45) is 0.735. The van der Waals surface area contributed by atoms with E-state index in [2.05, 4.69) is 34.2 Å². The molecule has 1 fully saturated rings. The minimum atomic E-state index is -2.79. The second-order valence-electron chi connectivity index (χ2n) is 4.13. The van der Waals surface area contributed by atoms with E-state index in [9.17, 15) is 8.42 Å². The Kier molecular flexibility index (Phi) is 3.73. The van der Waals surface area contributed by atoms with Gasteiger partial charge in [-0.25, -0.2) is 8.42 Å². The molecule has 0 saturated carbocycles. The predicted molar refractivity (Wildman–Crippen MR) is 70.6 cm³/mol. The van der Waals surface area contributed by atoms with Gasteiger partial charge in [0.1, 0.15) is 0 Å². The van der Waals surface area contributed by atoms with Crippen molar-refractivity contribution in [3.8, 4) is 0 Å². The van der Waals surface area contributed by atoms with Crippen molar-refractivity contribution in [3.05, 3.63) is 20.8 Å². The number of rotatable bonds is 3. The van der Waals surface area contributed by atoms with Crippen molar-refractivity contribution < 1.29 is 8.42 Å². The molecule has 1 aromatic rings. The standard InChI is InChI=1S/C10H14BrNO2S2/c1-7(9-2-3-10(11)15-9)12-8-4-5-16(13,14)6-8/h2-3,7-8,12H,4-6H2,1H3. The zero-order valence-corrected chi connectivity index (χ0v) is 12.2. The van der Waals surface area contributed by atoms with Gasteiger partial charge in [-0.3, -0.25) is 0 Å². The van der Waals surface area contributed by atoms with Crippen molar-refractivity contribution >= 4 is 37.1 Å². The van der Waals surface area contributed by atoms with Gasteiger partial charge in [-0.15, -0.1) is 11.3 Å². The van der Waals surface area contributed by atoms with Gasteiger partial charge in [0.15, 0.2) is 9.84 Å². The first kappa shape index (κ1) is 12.5. The minimum absolute atomic E-state index is 0.112. The molecule has 16 heavy (non-hydrogen) atoms. The molecule has 1 aromatic heterocycles. The lowest BCUT2D eigenvalue weighted by atomic mass is 10.2. The van der Waals surface area contributed by atoms with E-state index in [-0.39, 0.29) is 17.8 Å². The second kappa shape index (κ2) is 4.76. The van der Waals surface area contributed by atoms with E-state index < -0.39 is 9.84 Å². The molecule has 2 unspecified atom stereocenters. The SMILES string of the molecule is CC(NC1CCS(=O)(=O)C1)c1ccc(Br)s1. The van der Waals surface area contributed by atoms with Gasteiger partial charge in [-0.1, -0.05) is 0 Å². The highest BCUT2D eigenvalue weighted by Crippen LogP contribution is 2.28. The van der Waals surface area contributed by atoms with Crippen LogP contribution in [-0.4, -0.2) is 26.0 Å². The van der Waals surface area contributed by atoms with Gasteiger partial charge in [-0.05, 0) is 41.4 Å². The highest BCUT2D eigenvalue weighted by molar-refractivity contribution is 9.11. The van der Waals surface area contributed by atoms with E-state index >= 15 is 0 Å². The normalized spacial score (nSPS) is 25.8. The summed E-state index contributed by atoms with van der Waals surface area (Å²) < 4.78 is 23.7. The summed E-state index contributed by atoms with van der Waals surface area (Å²) >= 11 is 5.11. The summed E-state index contributed by atoms with van der Waals surface area (Å²) in [5.41, 5.74) is 0. The Morgan fingerprint density at radius 2 is 2.31 bits per heavy atom. The first-order valence-electron chi connectivity index (χ1n) is 5.18. The summed E-state index contributed by atoms with van der Waals surface area (Å²) in [5, 5.41) is 3.37. The van der Waals surface area contributed by atoms with Crippen LogP contribution in [0.3, 0.4) is 0 Å². The number of hydrogen-bond donors (Lipinski definition) is 1. The fourth-order valence-electron chi connectivity index (χ4n) is 1.92. The molecule has 2 atom stereocenters. The Labute approximate surface area is 108 Å². The summed E-state index contributed by atoms with van der Waals surface area (Å²) in [4.78, 5) is 1.23. The lowest BCUT2D eigenvalue weighted by Gasteiger charge is -2.16. The van der Waals surface area contributed by atoms with Crippen LogP contribution in [0, 0.1) is 0 Å². The van der Waals surface area contributed by atoms with Crippen LogP contribution < -0.4 is 5.32 Å². The van der Waals surface area contributed by atoms with Crippen LogP contribution in [0.5, 0.6) is 0 Å². The lowest BCUT2D eigenvalue weighted by Crippen LogP contribution is -2.31. The molecule has 3 nitrogen and oxygen atoms in total. The zero-order chi connectivity index (χ0) is 11.8. The molecular formula is C10H14BrNO2S2. The quantitative estimate of drug-likeness (QED) is 0.928. The second-order valence-corrected chi connectivity index (χ2v) is 8.85. The molecule has 6 heteroatoms. The zero-order valence-electron chi connectivity index (χ0n) is 8.94. The molecular weight excluding hydrogens is 310 g/mol. The smallest absolute Gasteiger partial charge is 0.151 e. The Hall–Kier alpha value is 0.0900. The van der Waals surface area contributed by atoms with Crippen molar-refractivity contribution in [1.29, 1.82) is 0 Å². The van der Waals surface area contributed by atoms with Crippen molar-refractivity contribution in [3.63, 3.8) is 0 Å². The number of sulfone groups is 1. The molecule has 0 aromatic carbocycles. The molecule has 0 spiro atoms. The number of thiophene rings is 1. The summed E-state index contributed by atoms with van der Waals surface area (Å²) in [7, 11) is -2.79. The minimum Gasteiger partial charge on any atom is -0.306 e. The molecule has 0 bridgehead atoms. The Morgan fingerprint density at radius 1 is 1.56 bits per heavy atom. The van der Waals surface area contributed by atoms with Gasteiger partial charge in [0.25, 0.3) is 0 Å². The average molecular weight is 324 g/mol. The Balaban J connectivity index is 1.96. The molecule has 1 aliphatic rings. The monoisotopic (exact) mass is 323 g/mol. The molecule has 2 heterocycles. The van der Waals surface area contributed by atoms with Crippen LogP contribution >= 0.6 is 27.3 Å². The van der Waals surface area contributed by atoms with E-state index in [1.165, 1.54) is 4.88 Å². The van der Waals surface area contributed by atoms with Gasteiger partial charge in [0, 0.05) is 17.0 Å². The third-order valence-electron chi connectivity index (χ3n) is 2.74. The molecule has 90 valence electrons. The number of nitrogens with one attached hydrogen (secondary N) is 1. The van der Waals surface area contributed by atoms with Gasteiger partial charge in [-0.2, -0.15) is 0 Å². The predicted octanol–water partition coefficient (Wildman–Crippen LogP) is 2.35. The van der Waals surface area contributed by atoms with E-state index in [1.54, 1.807) is 11.3 Å². The van der Waals surface area contributed by atoms with Crippen LogP contribution in [0.1, 0.15) is 24.3 Å². The maximum atomic E-state index is 11.3. The lowest BCUT2D eigenvalue weighted by molar-refractivity contribution is 0.490. The third kappa shape index (κ3) is 3.06. The van der Waals surface area contributed by atoms with Gasteiger partial charge >= 0.3 is 0 Å². The first-order chi connectivity index (χ1) is 7.46. The van der Waals surface area contributed by atoms with E-state index in [0.29, 0.717) is 5.75 Å². The summed E-state index contributed by atoms with van der Waals surface area (Å²) in [6.45, 7) is 2.07. The third-order valence-corrected chi connectivity index (χ3v) is 6.31. The van der Waals surface area contributed by atoms with Crippen molar-refractivity contribution in [2.24, 2.45) is 0 Å². The van der Waals surface area contributed by atoms with E-state index in [0.717, 1.165) is 10.2 Å². The molecule has 0 aliphatic carbocycles. The number of hydrogen-bond acceptors (Lipinski definition) is 4. The van der Waals surface area contributed by atoms with E-state index in [4.69, 9.17) is 0 Å². The Bertz CT molecular complexity index is 469. The van der Waals surface area contributed by atoms with Crippen LogP contribution in [0.25, 0.3) is 0 Å². The van der Waals surface area contributed by atoms with Crippen LogP contribution in [0.4, 0.5) is 0 Å². The molecule has 0 radical (unpaired) electrons. The molecule has 1 N–H and O–H groups in total. The number of halogens is 1. The molecule has 0 amide bonds. The molecule has 2 rings (SSSR count). The van der Waals surface area contributed by atoms with Crippen molar-refractivity contribution in [2.75, 3.05) is 11.5 Å². The van der Waals surface area contributed by atoms with Crippen LogP contribution in [-0.2, 0) is 9.84 Å². The van der Waals surface area contributed by atoms with Crippen molar-refractivity contribution in [1.82, 2.24) is 5.32 Å². The molecule has 1 aliphatic heterocycles. The topological polar surface area (TPSA) is 46.2 Å². The molecule has 1 saturated heterocycles. The summed E-state index contributed by atoms with van der Waals surface area (Å²) in [5.74, 6) is 0.607. The maximum absolute atomic E-state index is 11.3. The fourth-order valence-corrected chi connectivity index (χ4v) is 5.04. The van der Waals surface area contributed by atoms with E-state index in [1.807, 2.05) is 6.07 Å². The van der Waals surface area contributed by atoms with Crippen LogP contribution in [0.2, 0.25) is 0 Å². The highest BCUT2D eigenvalue weighted by Gasteiger charge is 2.28. The van der Waals surface area contributed by atoms with Crippen LogP contribution in [0.15, 0.2) is 15.9 Å². The maximum Gasteiger partial charge on any atom is 0.151 e. The van der Waals surface area contributed by atoms with Gasteiger partial charge in [0.2, 0.25) is 0 Å². The highest BCUT2D eigenvalue weighted by atomic mass is 79.9. The summed E-state index contributed by atoms with van der Waals surface area (Å²) in [6, 6.07) is 4.41. The Morgan fingerprint density at radius 3 is 2.81 bits per heavy atom.